The Labute approximate surface area is 185 Å². The van der Waals surface area contributed by atoms with Gasteiger partial charge in [0.2, 0.25) is 0 Å². The Morgan fingerprint density at radius 3 is 2.40 bits per heavy atom. The lowest BCUT2D eigenvalue weighted by Gasteiger charge is -2.29. The molecule has 1 aliphatic rings. The summed E-state index contributed by atoms with van der Waals surface area (Å²) in [6.07, 6.45) is 0. The van der Waals surface area contributed by atoms with E-state index < -0.39 is 0 Å². The minimum absolute atomic E-state index is 0.107. The lowest BCUT2D eigenvalue weighted by molar-refractivity contribution is -1.01. The SMILES string of the molecule is Cc1cccc(C(C)C)c1NC(=O)C[NH+]1CC[NH+](CCOc2ccc(Cl)cc2)CC1. The van der Waals surface area contributed by atoms with Gasteiger partial charge in [0.25, 0.3) is 5.91 Å². The van der Waals surface area contributed by atoms with Gasteiger partial charge in [-0.15, -0.1) is 0 Å². The highest BCUT2D eigenvalue weighted by Crippen LogP contribution is 2.27. The highest BCUT2D eigenvalue weighted by Gasteiger charge is 2.25. The van der Waals surface area contributed by atoms with E-state index in [-0.39, 0.29) is 5.91 Å². The number of anilines is 1. The van der Waals surface area contributed by atoms with Crippen LogP contribution in [0.1, 0.15) is 30.9 Å². The van der Waals surface area contributed by atoms with E-state index in [0.29, 0.717) is 19.1 Å². The fourth-order valence-corrected chi connectivity index (χ4v) is 4.11. The number of quaternary nitrogens is 2. The Morgan fingerprint density at radius 1 is 1.07 bits per heavy atom. The summed E-state index contributed by atoms with van der Waals surface area (Å²) < 4.78 is 5.81. The number of benzene rings is 2. The summed E-state index contributed by atoms with van der Waals surface area (Å²) in [4.78, 5) is 15.6. The topological polar surface area (TPSA) is 47.2 Å². The van der Waals surface area contributed by atoms with Gasteiger partial charge in [0.1, 0.15) is 45.1 Å². The number of carbonyl (C=O) groups excluding carboxylic acids is 1. The first-order chi connectivity index (χ1) is 14.4. The molecule has 5 nitrogen and oxygen atoms in total. The number of amides is 1. The zero-order chi connectivity index (χ0) is 21.5. The van der Waals surface area contributed by atoms with Crippen LogP contribution in [-0.2, 0) is 4.79 Å². The average Bonchev–Trinajstić information content (AvgIpc) is 2.72. The van der Waals surface area contributed by atoms with Crippen LogP contribution >= 0.6 is 11.6 Å². The minimum Gasteiger partial charge on any atom is -0.488 e. The van der Waals surface area contributed by atoms with Gasteiger partial charge in [0.15, 0.2) is 6.54 Å². The summed E-state index contributed by atoms with van der Waals surface area (Å²) in [6.45, 7) is 12.7. The third-order valence-corrected chi connectivity index (χ3v) is 6.06. The van der Waals surface area contributed by atoms with Crippen molar-refractivity contribution in [3.05, 3.63) is 58.6 Å². The van der Waals surface area contributed by atoms with Crippen LogP contribution in [0.4, 0.5) is 5.69 Å². The first-order valence-corrected chi connectivity index (χ1v) is 11.2. The van der Waals surface area contributed by atoms with Gasteiger partial charge in [0, 0.05) is 10.7 Å². The van der Waals surface area contributed by atoms with Crippen molar-refractivity contribution in [3.8, 4) is 5.75 Å². The predicted octanol–water partition coefficient (Wildman–Crippen LogP) is 1.57. The fourth-order valence-electron chi connectivity index (χ4n) is 3.98. The molecular weight excluding hydrogens is 398 g/mol. The normalized spacial score (nSPS) is 19.0. The first-order valence-electron chi connectivity index (χ1n) is 10.9. The van der Waals surface area contributed by atoms with Crippen LogP contribution < -0.4 is 19.9 Å². The van der Waals surface area contributed by atoms with E-state index >= 15 is 0 Å². The molecule has 0 aromatic heterocycles. The molecule has 6 heteroatoms. The third-order valence-electron chi connectivity index (χ3n) is 5.80. The summed E-state index contributed by atoms with van der Waals surface area (Å²) in [5.74, 6) is 1.35. The van der Waals surface area contributed by atoms with Crippen molar-refractivity contribution in [1.82, 2.24) is 0 Å². The fraction of sp³-hybridized carbons (Fsp3) is 0.458. The van der Waals surface area contributed by atoms with Crippen LogP contribution in [-0.4, -0.2) is 51.8 Å². The maximum absolute atomic E-state index is 12.7. The predicted molar refractivity (Wildman–Crippen MR) is 122 cm³/mol. The number of nitrogens with one attached hydrogen (secondary N) is 3. The molecule has 30 heavy (non-hydrogen) atoms. The molecule has 1 heterocycles. The van der Waals surface area contributed by atoms with Crippen molar-refractivity contribution in [1.29, 1.82) is 0 Å². The van der Waals surface area contributed by atoms with E-state index in [1.807, 2.05) is 24.3 Å². The van der Waals surface area contributed by atoms with E-state index in [2.05, 4.69) is 44.3 Å². The van der Waals surface area contributed by atoms with Crippen molar-refractivity contribution in [2.75, 3.05) is 51.2 Å². The number of hydrogen-bond acceptors (Lipinski definition) is 2. The van der Waals surface area contributed by atoms with Gasteiger partial charge in [0.05, 0.1) is 0 Å². The molecule has 0 bridgehead atoms. The van der Waals surface area contributed by atoms with Gasteiger partial charge in [-0.25, -0.2) is 0 Å². The molecule has 3 N–H and O–H groups in total. The molecule has 1 aliphatic heterocycles. The molecule has 3 rings (SSSR count). The number of ether oxygens (including phenoxy) is 1. The smallest absolute Gasteiger partial charge is 0.279 e. The van der Waals surface area contributed by atoms with Crippen LogP contribution in [0, 0.1) is 6.92 Å². The van der Waals surface area contributed by atoms with Gasteiger partial charge < -0.3 is 19.9 Å². The zero-order valence-corrected chi connectivity index (χ0v) is 19.0. The molecule has 0 spiro atoms. The number of rotatable bonds is 8. The molecule has 0 radical (unpaired) electrons. The lowest BCUT2D eigenvalue weighted by atomic mass is 9.98. The second-order valence-corrected chi connectivity index (χ2v) is 8.91. The standard InChI is InChI=1S/C24H32ClN3O2/c1-18(2)22-6-4-5-19(3)24(22)26-23(29)17-28-13-11-27(12-14-28)15-16-30-21-9-7-20(25)8-10-21/h4-10,18H,11-17H2,1-3H3,(H,26,29)/p+2. The van der Waals surface area contributed by atoms with Crippen LogP contribution in [0.5, 0.6) is 5.75 Å². The van der Waals surface area contributed by atoms with Crippen molar-refractivity contribution in [2.24, 2.45) is 0 Å². The largest absolute Gasteiger partial charge is 0.488 e. The maximum Gasteiger partial charge on any atom is 0.279 e. The first kappa shape index (κ1) is 22.6. The zero-order valence-electron chi connectivity index (χ0n) is 18.3. The molecule has 1 saturated heterocycles. The minimum atomic E-state index is 0.107. The van der Waals surface area contributed by atoms with E-state index in [4.69, 9.17) is 16.3 Å². The van der Waals surface area contributed by atoms with Gasteiger partial charge in [-0.1, -0.05) is 43.6 Å². The van der Waals surface area contributed by atoms with Gasteiger partial charge >= 0.3 is 0 Å². The number of halogens is 1. The van der Waals surface area contributed by atoms with E-state index in [1.165, 1.54) is 15.4 Å². The number of para-hydroxylation sites is 1. The van der Waals surface area contributed by atoms with Crippen LogP contribution in [0.3, 0.4) is 0 Å². The number of piperazine rings is 1. The second-order valence-electron chi connectivity index (χ2n) is 8.47. The highest BCUT2D eigenvalue weighted by molar-refractivity contribution is 6.30. The van der Waals surface area contributed by atoms with Crippen molar-refractivity contribution in [2.45, 2.75) is 26.7 Å². The molecule has 0 atom stereocenters. The number of aryl methyl sites for hydroxylation is 1. The monoisotopic (exact) mass is 431 g/mol. The van der Waals surface area contributed by atoms with Gasteiger partial charge in [-0.2, -0.15) is 0 Å². The summed E-state index contributed by atoms with van der Waals surface area (Å²) in [6, 6.07) is 13.7. The summed E-state index contributed by atoms with van der Waals surface area (Å²) in [5.41, 5.74) is 3.31. The molecule has 1 amide bonds. The molecule has 0 unspecified atom stereocenters. The summed E-state index contributed by atoms with van der Waals surface area (Å²) >= 11 is 5.90. The van der Waals surface area contributed by atoms with Gasteiger partial charge in [-0.05, 0) is 48.2 Å². The molecule has 0 saturated carbocycles. The summed E-state index contributed by atoms with van der Waals surface area (Å²) in [5, 5.41) is 3.90. The number of hydrogen-bond donors (Lipinski definition) is 3. The molecule has 0 aliphatic carbocycles. The number of carbonyl (C=O) groups is 1. The maximum atomic E-state index is 12.7. The molecule has 1 fully saturated rings. The van der Waals surface area contributed by atoms with E-state index in [9.17, 15) is 4.79 Å². The Balaban J connectivity index is 1.40. The molecular formula is C24H34ClN3O2+2. The van der Waals surface area contributed by atoms with Crippen molar-refractivity contribution in [3.63, 3.8) is 0 Å². The Bertz CT molecular complexity index is 831. The van der Waals surface area contributed by atoms with Crippen LogP contribution in [0.25, 0.3) is 0 Å². The molecule has 2 aromatic carbocycles. The second kappa shape index (κ2) is 10.8. The van der Waals surface area contributed by atoms with Crippen molar-refractivity contribution < 1.29 is 19.3 Å². The quantitative estimate of drug-likeness (QED) is 0.594. The van der Waals surface area contributed by atoms with Crippen molar-refractivity contribution >= 4 is 23.2 Å². The molecule has 2 aromatic rings. The Hall–Kier alpha value is -2.08. The Morgan fingerprint density at radius 2 is 1.73 bits per heavy atom. The summed E-state index contributed by atoms with van der Waals surface area (Å²) in [7, 11) is 0. The Kier molecular flexibility index (Phi) is 8.14. The van der Waals surface area contributed by atoms with Crippen LogP contribution in [0.2, 0.25) is 5.02 Å². The van der Waals surface area contributed by atoms with E-state index in [1.54, 1.807) is 0 Å². The third kappa shape index (κ3) is 6.46. The average molecular weight is 432 g/mol. The highest BCUT2D eigenvalue weighted by atomic mass is 35.5. The van der Waals surface area contributed by atoms with E-state index in [0.717, 1.165) is 54.7 Å². The van der Waals surface area contributed by atoms with Gasteiger partial charge in [-0.3, -0.25) is 4.79 Å². The molecule has 162 valence electrons. The van der Waals surface area contributed by atoms with Crippen LogP contribution in [0.15, 0.2) is 42.5 Å². The lowest BCUT2D eigenvalue weighted by Crippen LogP contribution is -3.28.